The predicted molar refractivity (Wildman–Crippen MR) is 63.3 cm³/mol. The molecule has 2 saturated heterocycles. The van der Waals surface area contributed by atoms with Crippen LogP contribution in [0.4, 0.5) is 4.79 Å². The maximum Gasteiger partial charge on any atom is 0.410 e. The lowest BCUT2D eigenvalue weighted by Gasteiger charge is -2.36. The van der Waals surface area contributed by atoms with Crippen LogP contribution in [0, 0.1) is 5.92 Å². The van der Waals surface area contributed by atoms with Gasteiger partial charge in [-0.05, 0) is 38.0 Å². The van der Waals surface area contributed by atoms with Crippen molar-refractivity contribution in [2.75, 3.05) is 6.61 Å². The van der Waals surface area contributed by atoms with E-state index in [4.69, 9.17) is 4.74 Å². The summed E-state index contributed by atoms with van der Waals surface area (Å²) in [5.74, 6) is 0.775. The number of carbonyl (C=O) groups excluding carboxylic acids is 1. The second-order valence-electron chi connectivity index (χ2n) is 5.34. The van der Waals surface area contributed by atoms with E-state index in [1.54, 1.807) is 0 Å². The van der Waals surface area contributed by atoms with Gasteiger partial charge in [0.25, 0.3) is 0 Å². The molecule has 92 valence electrons. The summed E-state index contributed by atoms with van der Waals surface area (Å²) in [5.41, 5.74) is 0. The van der Waals surface area contributed by atoms with Gasteiger partial charge in [0, 0.05) is 12.1 Å². The van der Waals surface area contributed by atoms with Crippen molar-refractivity contribution in [2.45, 2.75) is 64.5 Å². The van der Waals surface area contributed by atoms with E-state index in [0.29, 0.717) is 18.7 Å². The Labute approximate surface area is 98.1 Å². The van der Waals surface area contributed by atoms with Crippen LogP contribution in [-0.4, -0.2) is 29.7 Å². The molecule has 0 saturated carbocycles. The fourth-order valence-electron chi connectivity index (χ4n) is 3.13. The molecule has 2 heterocycles. The predicted octanol–water partition coefficient (Wildman–Crippen LogP) is 3.19. The average Bonchev–Trinajstić information content (AvgIpc) is 2.52. The molecule has 2 rings (SSSR count). The Morgan fingerprint density at radius 2 is 1.94 bits per heavy atom. The van der Waals surface area contributed by atoms with Crippen molar-refractivity contribution in [1.82, 2.24) is 4.90 Å². The molecule has 2 fully saturated rings. The first kappa shape index (κ1) is 11.7. The molecule has 0 aromatic carbocycles. The van der Waals surface area contributed by atoms with Crippen LogP contribution in [0.15, 0.2) is 0 Å². The number of fused-ring (bicyclic) bond motifs is 2. The lowest BCUT2D eigenvalue weighted by Crippen LogP contribution is -2.46. The van der Waals surface area contributed by atoms with Gasteiger partial charge >= 0.3 is 6.09 Å². The Morgan fingerprint density at radius 1 is 1.31 bits per heavy atom. The van der Waals surface area contributed by atoms with Crippen molar-refractivity contribution in [2.24, 2.45) is 5.92 Å². The number of unbranched alkanes of at least 4 members (excludes halogenated alkanes) is 1. The number of amides is 1. The number of rotatable bonds is 3. The lowest BCUT2D eigenvalue weighted by molar-refractivity contribution is 0.0590. The molecule has 0 aliphatic carbocycles. The van der Waals surface area contributed by atoms with E-state index in [1.165, 1.54) is 25.7 Å². The summed E-state index contributed by atoms with van der Waals surface area (Å²) < 4.78 is 5.32. The molecule has 16 heavy (non-hydrogen) atoms. The smallest absolute Gasteiger partial charge is 0.410 e. The van der Waals surface area contributed by atoms with Gasteiger partial charge in [-0.2, -0.15) is 0 Å². The van der Waals surface area contributed by atoms with E-state index in [2.05, 4.69) is 13.8 Å². The van der Waals surface area contributed by atoms with Gasteiger partial charge in [-0.3, -0.25) is 0 Å². The van der Waals surface area contributed by atoms with Gasteiger partial charge in [0.2, 0.25) is 0 Å². The van der Waals surface area contributed by atoms with Gasteiger partial charge in [-0.25, -0.2) is 4.79 Å². The first-order chi connectivity index (χ1) is 7.72. The largest absolute Gasteiger partial charge is 0.449 e. The summed E-state index contributed by atoms with van der Waals surface area (Å²) in [7, 11) is 0. The zero-order valence-corrected chi connectivity index (χ0v) is 10.4. The van der Waals surface area contributed by atoms with E-state index in [-0.39, 0.29) is 6.09 Å². The molecule has 1 amide bonds. The second-order valence-corrected chi connectivity index (χ2v) is 5.34. The minimum atomic E-state index is -0.0622. The van der Waals surface area contributed by atoms with Crippen molar-refractivity contribution >= 4 is 6.09 Å². The Hall–Kier alpha value is -0.730. The van der Waals surface area contributed by atoms with Crippen LogP contribution in [0.3, 0.4) is 0 Å². The number of carbonyl (C=O) groups is 1. The van der Waals surface area contributed by atoms with Crippen molar-refractivity contribution < 1.29 is 9.53 Å². The van der Waals surface area contributed by atoms with E-state index in [9.17, 15) is 4.79 Å². The summed E-state index contributed by atoms with van der Waals surface area (Å²) in [6.07, 6.45) is 6.68. The summed E-state index contributed by atoms with van der Waals surface area (Å²) in [5, 5.41) is 0. The zero-order valence-electron chi connectivity index (χ0n) is 10.4. The number of nitrogens with zero attached hydrogens (tertiary/aromatic N) is 1. The van der Waals surface area contributed by atoms with Crippen molar-refractivity contribution in [1.29, 1.82) is 0 Å². The molecule has 0 aromatic heterocycles. The molecule has 2 atom stereocenters. The number of piperidine rings is 1. The summed E-state index contributed by atoms with van der Waals surface area (Å²) in [4.78, 5) is 14.0. The highest BCUT2D eigenvalue weighted by Gasteiger charge is 2.42. The SMILES string of the molecule is CCCCOC(=O)N1C2CCC1CC(C)C2. The topological polar surface area (TPSA) is 29.5 Å². The molecule has 0 aromatic rings. The van der Waals surface area contributed by atoms with Crippen LogP contribution in [0.5, 0.6) is 0 Å². The van der Waals surface area contributed by atoms with E-state index in [1.807, 2.05) is 4.90 Å². The molecule has 3 nitrogen and oxygen atoms in total. The molecule has 2 unspecified atom stereocenters. The van der Waals surface area contributed by atoms with Crippen molar-refractivity contribution in [3.8, 4) is 0 Å². The highest BCUT2D eigenvalue weighted by Crippen LogP contribution is 2.38. The highest BCUT2D eigenvalue weighted by molar-refractivity contribution is 5.69. The molecule has 2 aliphatic rings. The number of ether oxygens (including phenoxy) is 1. The monoisotopic (exact) mass is 225 g/mol. The molecule has 0 spiro atoms. The van der Waals surface area contributed by atoms with Gasteiger partial charge < -0.3 is 9.64 Å². The zero-order chi connectivity index (χ0) is 11.5. The van der Waals surface area contributed by atoms with Crippen LogP contribution in [0.2, 0.25) is 0 Å². The van der Waals surface area contributed by atoms with Gasteiger partial charge in [-0.1, -0.05) is 20.3 Å². The van der Waals surface area contributed by atoms with Crippen molar-refractivity contribution in [3.05, 3.63) is 0 Å². The van der Waals surface area contributed by atoms with E-state index in [0.717, 1.165) is 18.8 Å². The molecular weight excluding hydrogens is 202 g/mol. The molecule has 2 bridgehead atoms. The van der Waals surface area contributed by atoms with Crippen LogP contribution in [0.25, 0.3) is 0 Å². The molecule has 0 N–H and O–H groups in total. The van der Waals surface area contributed by atoms with Crippen LogP contribution in [-0.2, 0) is 4.74 Å². The van der Waals surface area contributed by atoms with Crippen LogP contribution < -0.4 is 0 Å². The molecular formula is C13H23NO2. The minimum Gasteiger partial charge on any atom is -0.449 e. The maximum absolute atomic E-state index is 11.9. The highest BCUT2D eigenvalue weighted by atomic mass is 16.6. The first-order valence-electron chi connectivity index (χ1n) is 6.67. The third-order valence-corrected chi connectivity index (χ3v) is 3.90. The van der Waals surface area contributed by atoms with Crippen LogP contribution in [0.1, 0.15) is 52.4 Å². The number of hydrogen-bond acceptors (Lipinski definition) is 2. The quantitative estimate of drug-likeness (QED) is 0.690. The summed E-state index contributed by atoms with van der Waals surface area (Å²) in [6, 6.07) is 0.922. The minimum absolute atomic E-state index is 0.0622. The third kappa shape index (κ3) is 2.33. The Kier molecular flexibility index (Phi) is 3.72. The van der Waals surface area contributed by atoms with Crippen LogP contribution >= 0.6 is 0 Å². The van der Waals surface area contributed by atoms with Crippen molar-refractivity contribution in [3.63, 3.8) is 0 Å². The average molecular weight is 225 g/mol. The Morgan fingerprint density at radius 3 is 2.50 bits per heavy atom. The fourth-order valence-corrected chi connectivity index (χ4v) is 3.13. The summed E-state index contributed by atoms with van der Waals surface area (Å²) >= 11 is 0. The number of hydrogen-bond donors (Lipinski definition) is 0. The second kappa shape index (κ2) is 5.07. The lowest BCUT2D eigenvalue weighted by atomic mass is 9.93. The maximum atomic E-state index is 11.9. The molecule has 0 radical (unpaired) electrons. The first-order valence-corrected chi connectivity index (χ1v) is 6.67. The summed E-state index contributed by atoms with van der Waals surface area (Å²) in [6.45, 7) is 4.99. The normalized spacial score (nSPS) is 32.9. The van der Waals surface area contributed by atoms with E-state index >= 15 is 0 Å². The Balaban J connectivity index is 1.87. The third-order valence-electron chi connectivity index (χ3n) is 3.90. The Bertz CT molecular complexity index is 240. The molecule has 3 heteroatoms. The van der Waals surface area contributed by atoms with Gasteiger partial charge in [-0.15, -0.1) is 0 Å². The van der Waals surface area contributed by atoms with Gasteiger partial charge in [0.1, 0.15) is 0 Å². The molecule has 2 aliphatic heterocycles. The fraction of sp³-hybridized carbons (Fsp3) is 0.923. The van der Waals surface area contributed by atoms with E-state index < -0.39 is 0 Å². The van der Waals surface area contributed by atoms with Gasteiger partial charge in [0.05, 0.1) is 6.61 Å². The van der Waals surface area contributed by atoms with Gasteiger partial charge in [0.15, 0.2) is 0 Å². The standard InChI is InChI=1S/C13H23NO2/c1-3-4-7-16-13(15)14-11-5-6-12(14)9-10(2)8-11/h10-12H,3-9H2,1-2H3.